The molecule has 26 heavy (non-hydrogen) atoms. The van der Waals surface area contributed by atoms with Crippen LogP contribution in [0.1, 0.15) is 36.0 Å². The van der Waals surface area contributed by atoms with Gasteiger partial charge in [-0.2, -0.15) is 0 Å². The highest BCUT2D eigenvalue weighted by Gasteiger charge is 2.21. The summed E-state index contributed by atoms with van der Waals surface area (Å²) in [5.74, 6) is -0.224. The SMILES string of the molecule is O=C(NCCN1CCC(c2ccccc2)CC1)[C@H](O)c1ccc(F)cc1. The molecule has 1 fully saturated rings. The molecule has 2 N–H and O–H groups in total. The molecule has 2 aromatic rings. The molecule has 1 aliphatic heterocycles. The Morgan fingerprint density at radius 1 is 1.12 bits per heavy atom. The smallest absolute Gasteiger partial charge is 0.253 e. The van der Waals surface area contributed by atoms with Gasteiger partial charge in [0, 0.05) is 13.1 Å². The number of rotatable bonds is 6. The van der Waals surface area contributed by atoms with Gasteiger partial charge in [0.15, 0.2) is 6.10 Å². The van der Waals surface area contributed by atoms with E-state index in [9.17, 15) is 14.3 Å². The zero-order chi connectivity index (χ0) is 18.4. The number of amides is 1. The number of carbonyl (C=O) groups is 1. The molecule has 5 heteroatoms. The van der Waals surface area contributed by atoms with Crippen molar-refractivity contribution in [3.8, 4) is 0 Å². The van der Waals surface area contributed by atoms with Crippen LogP contribution < -0.4 is 5.32 Å². The van der Waals surface area contributed by atoms with E-state index in [4.69, 9.17) is 0 Å². The molecule has 0 radical (unpaired) electrons. The van der Waals surface area contributed by atoms with Gasteiger partial charge in [-0.05, 0) is 55.1 Å². The molecule has 1 atom stereocenters. The summed E-state index contributed by atoms with van der Waals surface area (Å²) in [5.41, 5.74) is 1.80. The number of halogens is 1. The van der Waals surface area contributed by atoms with Gasteiger partial charge >= 0.3 is 0 Å². The van der Waals surface area contributed by atoms with Crippen LogP contribution in [0, 0.1) is 5.82 Å². The quantitative estimate of drug-likeness (QED) is 0.837. The van der Waals surface area contributed by atoms with Crippen LogP contribution in [0.15, 0.2) is 54.6 Å². The molecule has 1 saturated heterocycles. The summed E-state index contributed by atoms with van der Waals surface area (Å²) >= 11 is 0. The number of benzene rings is 2. The predicted molar refractivity (Wildman–Crippen MR) is 99.2 cm³/mol. The lowest BCUT2D eigenvalue weighted by Gasteiger charge is -2.32. The third kappa shape index (κ3) is 4.90. The van der Waals surface area contributed by atoms with Crippen LogP contribution in [0.25, 0.3) is 0 Å². The van der Waals surface area contributed by atoms with Gasteiger partial charge in [-0.25, -0.2) is 4.39 Å². The van der Waals surface area contributed by atoms with Crippen LogP contribution in [0.2, 0.25) is 0 Å². The number of likely N-dealkylation sites (tertiary alicyclic amines) is 1. The first kappa shape index (κ1) is 18.5. The van der Waals surface area contributed by atoms with Crippen molar-refractivity contribution >= 4 is 5.91 Å². The summed E-state index contributed by atoms with van der Waals surface area (Å²) in [4.78, 5) is 14.4. The third-order valence-corrected chi connectivity index (χ3v) is 5.02. The van der Waals surface area contributed by atoms with Crippen LogP contribution in [-0.2, 0) is 4.79 Å². The highest BCUT2D eigenvalue weighted by molar-refractivity contribution is 5.81. The molecule has 138 valence electrons. The second-order valence-corrected chi connectivity index (χ2v) is 6.77. The second kappa shape index (κ2) is 8.92. The monoisotopic (exact) mass is 356 g/mol. The van der Waals surface area contributed by atoms with Crippen molar-refractivity contribution in [2.45, 2.75) is 24.9 Å². The van der Waals surface area contributed by atoms with E-state index >= 15 is 0 Å². The molecule has 3 rings (SSSR count). The molecule has 1 aliphatic rings. The molecule has 4 nitrogen and oxygen atoms in total. The minimum atomic E-state index is -1.26. The number of carbonyl (C=O) groups excluding carboxylic acids is 1. The number of hydrogen-bond donors (Lipinski definition) is 2. The van der Waals surface area contributed by atoms with Crippen molar-refractivity contribution in [2.24, 2.45) is 0 Å². The number of aliphatic hydroxyl groups is 1. The van der Waals surface area contributed by atoms with Gasteiger partial charge in [-0.15, -0.1) is 0 Å². The molecule has 0 spiro atoms. The van der Waals surface area contributed by atoms with Crippen molar-refractivity contribution in [3.63, 3.8) is 0 Å². The summed E-state index contributed by atoms with van der Waals surface area (Å²) in [7, 11) is 0. The third-order valence-electron chi connectivity index (χ3n) is 5.02. The Morgan fingerprint density at radius 2 is 1.77 bits per heavy atom. The Labute approximate surface area is 153 Å². The molecule has 0 bridgehead atoms. The summed E-state index contributed by atoms with van der Waals surface area (Å²) in [5, 5.41) is 12.8. The van der Waals surface area contributed by atoms with E-state index in [0.717, 1.165) is 32.5 Å². The predicted octanol–water partition coefficient (Wildman–Crippen LogP) is 2.85. The van der Waals surface area contributed by atoms with Crippen molar-refractivity contribution in [1.29, 1.82) is 0 Å². The normalized spacial score (nSPS) is 17.0. The molecule has 0 saturated carbocycles. The van der Waals surface area contributed by atoms with Crippen molar-refractivity contribution in [3.05, 3.63) is 71.5 Å². The van der Waals surface area contributed by atoms with Gasteiger partial charge in [0.2, 0.25) is 0 Å². The molecule has 1 heterocycles. The minimum Gasteiger partial charge on any atom is -0.378 e. The lowest BCUT2D eigenvalue weighted by Crippen LogP contribution is -2.40. The van der Waals surface area contributed by atoms with Crippen molar-refractivity contribution in [1.82, 2.24) is 10.2 Å². The summed E-state index contributed by atoms with van der Waals surface area (Å²) in [6.07, 6.45) is 0.978. The molecular formula is C21H25FN2O2. The summed E-state index contributed by atoms with van der Waals surface area (Å²) < 4.78 is 12.9. The zero-order valence-electron chi connectivity index (χ0n) is 14.8. The number of hydrogen-bond acceptors (Lipinski definition) is 3. The lowest BCUT2D eigenvalue weighted by molar-refractivity contribution is -0.129. The van der Waals surface area contributed by atoms with Gasteiger partial charge in [0.1, 0.15) is 5.82 Å². The Balaban J connectivity index is 1.39. The van der Waals surface area contributed by atoms with E-state index in [0.29, 0.717) is 18.0 Å². The fourth-order valence-corrected chi connectivity index (χ4v) is 3.45. The maximum atomic E-state index is 12.9. The zero-order valence-corrected chi connectivity index (χ0v) is 14.8. The van der Waals surface area contributed by atoms with E-state index in [2.05, 4.69) is 34.5 Å². The molecule has 1 amide bonds. The molecule has 0 unspecified atom stereocenters. The van der Waals surface area contributed by atoms with E-state index in [1.54, 1.807) is 0 Å². The fourth-order valence-electron chi connectivity index (χ4n) is 3.45. The maximum absolute atomic E-state index is 12.9. The molecule has 2 aromatic carbocycles. The first-order valence-corrected chi connectivity index (χ1v) is 9.12. The van der Waals surface area contributed by atoms with Crippen LogP contribution in [0.5, 0.6) is 0 Å². The Hall–Kier alpha value is -2.24. The fraction of sp³-hybridized carbons (Fsp3) is 0.381. The summed E-state index contributed by atoms with van der Waals surface area (Å²) in [6, 6.07) is 15.9. The Bertz CT molecular complexity index is 698. The van der Waals surface area contributed by atoms with E-state index < -0.39 is 12.0 Å². The first-order chi connectivity index (χ1) is 12.6. The average molecular weight is 356 g/mol. The van der Waals surface area contributed by atoms with E-state index in [1.807, 2.05) is 6.07 Å². The van der Waals surface area contributed by atoms with Gasteiger partial charge in [-0.1, -0.05) is 42.5 Å². The summed E-state index contributed by atoms with van der Waals surface area (Å²) in [6.45, 7) is 3.28. The Kier molecular flexibility index (Phi) is 6.36. The van der Waals surface area contributed by atoms with Crippen LogP contribution >= 0.6 is 0 Å². The van der Waals surface area contributed by atoms with Crippen LogP contribution in [-0.4, -0.2) is 42.1 Å². The van der Waals surface area contributed by atoms with E-state index in [-0.39, 0.29) is 5.82 Å². The standard InChI is InChI=1S/C21H25FN2O2/c22-19-8-6-18(7-9-19)20(25)21(26)23-12-15-24-13-10-17(11-14-24)16-4-2-1-3-5-16/h1-9,17,20,25H,10-15H2,(H,23,26)/t20-/m1/s1. The highest BCUT2D eigenvalue weighted by atomic mass is 19.1. The van der Waals surface area contributed by atoms with Gasteiger partial charge in [-0.3, -0.25) is 4.79 Å². The van der Waals surface area contributed by atoms with Gasteiger partial charge in [0.25, 0.3) is 5.91 Å². The topological polar surface area (TPSA) is 52.6 Å². The van der Waals surface area contributed by atoms with Crippen molar-refractivity contribution < 1.29 is 14.3 Å². The molecule has 0 aromatic heterocycles. The largest absolute Gasteiger partial charge is 0.378 e. The number of nitrogens with one attached hydrogen (secondary N) is 1. The van der Waals surface area contributed by atoms with Gasteiger partial charge < -0.3 is 15.3 Å². The average Bonchev–Trinajstić information content (AvgIpc) is 2.69. The molecular weight excluding hydrogens is 331 g/mol. The number of aliphatic hydroxyl groups excluding tert-OH is 1. The van der Waals surface area contributed by atoms with Gasteiger partial charge in [0.05, 0.1) is 0 Å². The minimum absolute atomic E-state index is 0.389. The molecule has 0 aliphatic carbocycles. The number of nitrogens with zero attached hydrogens (tertiary/aromatic N) is 1. The highest BCUT2D eigenvalue weighted by Crippen LogP contribution is 2.27. The maximum Gasteiger partial charge on any atom is 0.253 e. The second-order valence-electron chi connectivity index (χ2n) is 6.77. The van der Waals surface area contributed by atoms with Crippen LogP contribution in [0.4, 0.5) is 4.39 Å². The van der Waals surface area contributed by atoms with Crippen molar-refractivity contribution in [2.75, 3.05) is 26.2 Å². The van der Waals surface area contributed by atoms with E-state index in [1.165, 1.54) is 29.8 Å². The van der Waals surface area contributed by atoms with Crippen LogP contribution in [0.3, 0.4) is 0 Å². The Morgan fingerprint density at radius 3 is 2.42 bits per heavy atom. The number of piperidine rings is 1. The first-order valence-electron chi connectivity index (χ1n) is 9.12. The lowest BCUT2D eigenvalue weighted by atomic mass is 9.89.